The quantitative estimate of drug-likeness (QED) is 0.715. The highest BCUT2D eigenvalue weighted by atomic mass is 32.2. The van der Waals surface area contributed by atoms with Crippen LogP contribution in [0.4, 0.5) is 5.69 Å². The van der Waals surface area contributed by atoms with E-state index in [2.05, 4.69) is 5.32 Å². The zero-order valence-electron chi connectivity index (χ0n) is 10.9. The fraction of sp³-hybridized carbons (Fsp3) is 0.333. The highest BCUT2D eigenvalue weighted by Gasteiger charge is 2.17. The molecule has 0 saturated heterocycles. The van der Waals surface area contributed by atoms with E-state index in [1.165, 1.54) is 18.2 Å². The fourth-order valence-electron chi connectivity index (χ4n) is 1.71. The summed E-state index contributed by atoms with van der Waals surface area (Å²) in [5.41, 5.74) is 0.0857. The lowest BCUT2D eigenvalue weighted by atomic mass is 10.0. The summed E-state index contributed by atoms with van der Waals surface area (Å²) in [6, 6.07) is 5.75. The Morgan fingerprint density at radius 3 is 2.45 bits per heavy atom. The van der Waals surface area contributed by atoms with Gasteiger partial charge in [0.15, 0.2) is 0 Å². The van der Waals surface area contributed by atoms with Crippen LogP contribution in [0.2, 0.25) is 0 Å². The van der Waals surface area contributed by atoms with Crippen molar-refractivity contribution in [3.05, 3.63) is 24.3 Å². The first kappa shape index (κ1) is 16.1. The first-order valence-electron chi connectivity index (χ1n) is 5.83. The minimum atomic E-state index is -3.94. The summed E-state index contributed by atoms with van der Waals surface area (Å²) < 4.78 is 22.7. The maximum atomic E-state index is 11.7. The van der Waals surface area contributed by atoms with Crippen LogP contribution < -0.4 is 10.5 Å². The van der Waals surface area contributed by atoms with Gasteiger partial charge in [-0.1, -0.05) is 19.1 Å². The van der Waals surface area contributed by atoms with E-state index in [-0.39, 0.29) is 29.3 Å². The Labute approximate surface area is 116 Å². The van der Waals surface area contributed by atoms with E-state index in [0.717, 1.165) is 0 Å². The Balaban J connectivity index is 2.79. The van der Waals surface area contributed by atoms with Crippen molar-refractivity contribution >= 4 is 27.6 Å². The summed E-state index contributed by atoms with van der Waals surface area (Å²) in [5.74, 6) is -1.81. The van der Waals surface area contributed by atoms with Crippen molar-refractivity contribution in [1.82, 2.24) is 0 Å². The van der Waals surface area contributed by atoms with Gasteiger partial charge in [0.2, 0.25) is 15.9 Å². The van der Waals surface area contributed by atoms with Gasteiger partial charge in [-0.3, -0.25) is 9.59 Å². The molecule has 1 unspecified atom stereocenters. The van der Waals surface area contributed by atoms with E-state index in [9.17, 15) is 18.0 Å². The molecule has 0 bridgehead atoms. The van der Waals surface area contributed by atoms with Crippen LogP contribution in [0.3, 0.4) is 0 Å². The maximum absolute atomic E-state index is 11.7. The second kappa shape index (κ2) is 6.49. The van der Waals surface area contributed by atoms with Crippen LogP contribution in [0.25, 0.3) is 0 Å². The van der Waals surface area contributed by atoms with Gasteiger partial charge in [0.1, 0.15) is 4.90 Å². The number of rotatable bonds is 6. The van der Waals surface area contributed by atoms with Gasteiger partial charge in [0, 0.05) is 12.8 Å². The van der Waals surface area contributed by atoms with E-state index in [1.54, 1.807) is 13.0 Å². The molecular formula is C12H16N2O5S. The Hall–Kier alpha value is -1.93. The van der Waals surface area contributed by atoms with Crippen LogP contribution >= 0.6 is 0 Å². The number of carbonyl (C=O) groups is 2. The molecule has 7 nitrogen and oxygen atoms in total. The maximum Gasteiger partial charge on any atom is 0.303 e. The highest BCUT2D eigenvalue weighted by Crippen LogP contribution is 2.20. The predicted molar refractivity (Wildman–Crippen MR) is 72.5 cm³/mol. The van der Waals surface area contributed by atoms with Crippen molar-refractivity contribution in [1.29, 1.82) is 0 Å². The molecule has 1 rings (SSSR count). The molecule has 4 N–H and O–H groups in total. The molecule has 0 spiro atoms. The fourth-order valence-corrected chi connectivity index (χ4v) is 2.40. The van der Waals surface area contributed by atoms with Crippen molar-refractivity contribution in [2.24, 2.45) is 11.1 Å². The van der Waals surface area contributed by atoms with E-state index >= 15 is 0 Å². The number of nitrogens with two attached hydrogens (primary N) is 1. The third-order valence-electron chi connectivity index (χ3n) is 2.52. The number of aliphatic carboxylic acids is 1. The van der Waals surface area contributed by atoms with Crippen LogP contribution in [-0.2, 0) is 19.6 Å². The first-order valence-corrected chi connectivity index (χ1v) is 7.38. The number of hydrogen-bond donors (Lipinski definition) is 3. The second-order valence-corrected chi connectivity index (χ2v) is 6.03. The lowest BCUT2D eigenvalue weighted by molar-refractivity contribution is -0.138. The number of nitrogens with one attached hydrogen (secondary N) is 1. The van der Waals surface area contributed by atoms with Crippen molar-refractivity contribution < 1.29 is 23.1 Å². The molecule has 0 radical (unpaired) electrons. The lowest BCUT2D eigenvalue weighted by Gasteiger charge is -2.11. The van der Waals surface area contributed by atoms with Gasteiger partial charge < -0.3 is 10.4 Å². The number of benzene rings is 1. The molecule has 1 atom stereocenters. The predicted octanol–water partition coefficient (Wildman–Crippen LogP) is 0.773. The SMILES string of the molecule is CC(CC(=O)O)CC(=O)Nc1ccccc1S(N)(=O)=O. The number of sulfonamides is 1. The summed E-state index contributed by atoms with van der Waals surface area (Å²) in [6.45, 7) is 1.62. The minimum absolute atomic E-state index is 0.0226. The number of carboxylic acids is 1. The third kappa shape index (κ3) is 4.98. The van der Waals surface area contributed by atoms with E-state index in [1.807, 2.05) is 0 Å². The van der Waals surface area contributed by atoms with Crippen LogP contribution in [0.1, 0.15) is 19.8 Å². The van der Waals surface area contributed by atoms with Gasteiger partial charge in [-0.25, -0.2) is 13.6 Å². The second-order valence-electron chi connectivity index (χ2n) is 4.50. The van der Waals surface area contributed by atoms with Gasteiger partial charge >= 0.3 is 5.97 Å². The molecule has 1 aromatic rings. The topological polar surface area (TPSA) is 127 Å². The summed E-state index contributed by atoms with van der Waals surface area (Å²) in [4.78, 5) is 22.1. The molecule has 0 heterocycles. The van der Waals surface area contributed by atoms with E-state index < -0.39 is 21.9 Å². The van der Waals surface area contributed by atoms with Gasteiger partial charge in [0.05, 0.1) is 5.69 Å². The molecule has 0 aliphatic carbocycles. The number of anilines is 1. The monoisotopic (exact) mass is 300 g/mol. The molecule has 1 aromatic carbocycles. The number of carbonyl (C=O) groups excluding carboxylic acids is 1. The Bertz CT molecular complexity index is 612. The Morgan fingerprint density at radius 1 is 1.30 bits per heavy atom. The van der Waals surface area contributed by atoms with Gasteiger partial charge in [-0.2, -0.15) is 0 Å². The van der Waals surface area contributed by atoms with E-state index in [0.29, 0.717) is 0 Å². The molecule has 0 aromatic heterocycles. The standard InChI is InChI=1S/C12H16N2O5S/c1-8(7-12(16)17)6-11(15)14-9-4-2-3-5-10(9)20(13,18)19/h2-5,8H,6-7H2,1H3,(H,14,15)(H,16,17)(H2,13,18,19). The van der Waals surface area contributed by atoms with Crippen LogP contribution in [0, 0.1) is 5.92 Å². The molecule has 0 saturated carbocycles. The van der Waals surface area contributed by atoms with Gasteiger partial charge in [-0.15, -0.1) is 0 Å². The molecular weight excluding hydrogens is 284 g/mol. The third-order valence-corrected chi connectivity index (χ3v) is 3.49. The average Bonchev–Trinajstić information content (AvgIpc) is 2.26. The zero-order chi connectivity index (χ0) is 15.3. The summed E-state index contributed by atoms with van der Waals surface area (Å²) in [7, 11) is -3.94. The van der Waals surface area contributed by atoms with Gasteiger partial charge in [0.25, 0.3) is 0 Å². The van der Waals surface area contributed by atoms with Crippen LogP contribution in [0.5, 0.6) is 0 Å². The van der Waals surface area contributed by atoms with Crippen molar-refractivity contribution in [3.63, 3.8) is 0 Å². The minimum Gasteiger partial charge on any atom is -0.481 e. The number of para-hydroxylation sites is 1. The van der Waals surface area contributed by atoms with Crippen molar-refractivity contribution in [2.75, 3.05) is 5.32 Å². The Kier molecular flexibility index (Phi) is 5.23. The normalized spacial score (nSPS) is 12.7. The summed E-state index contributed by atoms with van der Waals surface area (Å²) >= 11 is 0. The molecule has 8 heteroatoms. The van der Waals surface area contributed by atoms with E-state index in [4.69, 9.17) is 10.2 Å². The number of carboxylic acid groups (broad SMARTS) is 1. The highest BCUT2D eigenvalue weighted by molar-refractivity contribution is 7.89. The summed E-state index contributed by atoms with van der Waals surface area (Å²) in [6.07, 6.45) is -0.157. The number of amides is 1. The number of primary sulfonamides is 1. The first-order chi connectivity index (χ1) is 9.20. The molecule has 0 fully saturated rings. The molecule has 1 amide bonds. The summed E-state index contributed by atoms with van der Waals surface area (Å²) in [5, 5.41) is 16.1. The largest absolute Gasteiger partial charge is 0.481 e. The average molecular weight is 300 g/mol. The van der Waals surface area contributed by atoms with Crippen molar-refractivity contribution in [3.8, 4) is 0 Å². The molecule has 0 aliphatic heterocycles. The van der Waals surface area contributed by atoms with Crippen LogP contribution in [0.15, 0.2) is 29.2 Å². The van der Waals surface area contributed by atoms with Gasteiger partial charge in [-0.05, 0) is 18.1 Å². The van der Waals surface area contributed by atoms with Crippen LogP contribution in [-0.4, -0.2) is 25.4 Å². The zero-order valence-corrected chi connectivity index (χ0v) is 11.7. The Morgan fingerprint density at radius 2 is 1.90 bits per heavy atom. The number of hydrogen-bond acceptors (Lipinski definition) is 4. The lowest BCUT2D eigenvalue weighted by Crippen LogP contribution is -2.20. The smallest absolute Gasteiger partial charge is 0.303 e. The molecule has 0 aliphatic rings. The molecule has 20 heavy (non-hydrogen) atoms. The van der Waals surface area contributed by atoms with Crippen molar-refractivity contribution in [2.45, 2.75) is 24.7 Å². The molecule has 110 valence electrons.